The fourth-order valence-electron chi connectivity index (χ4n) is 5.02. The van der Waals surface area contributed by atoms with E-state index in [9.17, 15) is 10.1 Å². The van der Waals surface area contributed by atoms with Gasteiger partial charge in [0.05, 0.1) is 28.3 Å². The van der Waals surface area contributed by atoms with Crippen LogP contribution in [-0.4, -0.2) is 5.78 Å². The molecule has 34 heavy (non-hydrogen) atoms. The predicted molar refractivity (Wildman–Crippen MR) is 135 cm³/mol. The largest absolute Gasteiger partial charge is 0.384 e. The van der Waals surface area contributed by atoms with Crippen LogP contribution in [0.4, 0.5) is 5.69 Å². The van der Waals surface area contributed by atoms with Gasteiger partial charge in [0.2, 0.25) is 0 Å². The quantitative estimate of drug-likeness (QED) is 0.448. The number of hydrogen-bond acceptors (Lipinski definition) is 4. The molecule has 0 amide bonds. The summed E-state index contributed by atoms with van der Waals surface area (Å²) in [6.45, 7) is 0. The molecule has 6 heteroatoms. The molecule has 1 aliphatic carbocycles. The topological polar surface area (TPSA) is 70.1 Å². The van der Waals surface area contributed by atoms with E-state index in [1.807, 2.05) is 66.7 Å². The van der Waals surface area contributed by atoms with Crippen LogP contribution in [0.25, 0.3) is 0 Å². The zero-order chi connectivity index (χ0) is 23.8. The van der Waals surface area contributed by atoms with Crippen molar-refractivity contribution < 1.29 is 4.79 Å². The number of carbonyl (C=O) groups is 1. The second kappa shape index (κ2) is 9.02. The molecule has 0 spiro atoms. The number of benzene rings is 3. The molecule has 5 rings (SSSR count). The van der Waals surface area contributed by atoms with Gasteiger partial charge in [-0.15, -0.1) is 0 Å². The van der Waals surface area contributed by atoms with Gasteiger partial charge in [-0.2, -0.15) is 5.26 Å². The molecule has 2 N–H and O–H groups in total. The molecule has 0 saturated carbocycles. The molecule has 4 nitrogen and oxygen atoms in total. The smallest absolute Gasteiger partial charge is 0.162 e. The summed E-state index contributed by atoms with van der Waals surface area (Å²) in [5.74, 6) is -0.393. The van der Waals surface area contributed by atoms with Crippen LogP contribution < -0.4 is 10.6 Å². The van der Waals surface area contributed by atoms with Crippen LogP contribution in [-0.2, 0) is 4.79 Å². The Kier molecular flexibility index (Phi) is 5.91. The fourth-order valence-corrected chi connectivity index (χ4v) is 5.48. The molecule has 3 aromatic carbocycles. The number of rotatable bonds is 3. The van der Waals surface area contributed by atoms with Gasteiger partial charge in [-0.05, 0) is 41.7 Å². The predicted octanol–water partition coefficient (Wildman–Crippen LogP) is 6.69. The van der Waals surface area contributed by atoms with Crippen LogP contribution in [0.2, 0.25) is 10.0 Å². The highest BCUT2D eigenvalue weighted by Crippen LogP contribution is 2.50. The summed E-state index contributed by atoms with van der Waals surface area (Å²) in [6.07, 6.45) is 0.926. The van der Waals surface area contributed by atoms with E-state index in [0.29, 0.717) is 45.3 Å². The summed E-state index contributed by atoms with van der Waals surface area (Å²) >= 11 is 13.2. The van der Waals surface area contributed by atoms with Gasteiger partial charge < -0.3 is 5.73 Å². The first-order valence-corrected chi connectivity index (χ1v) is 11.8. The van der Waals surface area contributed by atoms with E-state index in [1.165, 1.54) is 0 Å². The minimum atomic E-state index is -0.628. The summed E-state index contributed by atoms with van der Waals surface area (Å²) in [7, 11) is 0. The van der Waals surface area contributed by atoms with Crippen molar-refractivity contribution in [1.29, 1.82) is 5.26 Å². The van der Waals surface area contributed by atoms with Gasteiger partial charge in [-0.3, -0.25) is 9.69 Å². The number of anilines is 1. The Morgan fingerprint density at radius 2 is 1.53 bits per heavy atom. The second-order valence-corrected chi connectivity index (χ2v) is 9.27. The summed E-state index contributed by atoms with van der Waals surface area (Å²) < 4.78 is 0. The van der Waals surface area contributed by atoms with Crippen molar-refractivity contribution in [1.82, 2.24) is 0 Å². The highest BCUT2D eigenvalue weighted by atomic mass is 35.5. The first-order valence-electron chi connectivity index (χ1n) is 11.0. The van der Waals surface area contributed by atoms with Gasteiger partial charge in [0.15, 0.2) is 5.78 Å². The van der Waals surface area contributed by atoms with Crippen molar-refractivity contribution >= 4 is 34.7 Å². The SMILES string of the molecule is N#CC1=C(N)N(c2ccccc2Cl)C2=C(C(=O)C[C@H](c3ccccc3)C2)[C@@H]1c1ccccc1Cl. The zero-order valence-electron chi connectivity index (χ0n) is 18.2. The van der Waals surface area contributed by atoms with Crippen molar-refractivity contribution in [2.45, 2.75) is 24.7 Å². The second-order valence-electron chi connectivity index (χ2n) is 8.45. The third kappa shape index (κ3) is 3.68. The van der Waals surface area contributed by atoms with Crippen molar-refractivity contribution in [2.24, 2.45) is 5.73 Å². The Morgan fingerprint density at radius 3 is 2.21 bits per heavy atom. The van der Waals surface area contributed by atoms with Gasteiger partial charge in [0, 0.05) is 22.7 Å². The standard InChI is InChI=1S/C28H21Cl2N3O/c29-21-11-5-4-10-19(21)26-20(16-31)28(32)33(23-13-7-6-12-22(23)30)24-14-18(15-25(34)27(24)26)17-8-2-1-3-9-17/h1-13,18,26H,14-15,32H2/t18-,26-/m1/s1. The number of para-hydroxylation sites is 1. The average Bonchev–Trinajstić information content (AvgIpc) is 2.85. The van der Waals surface area contributed by atoms with Crippen LogP contribution in [0.15, 0.2) is 102 Å². The number of nitriles is 1. The molecule has 0 fully saturated rings. The van der Waals surface area contributed by atoms with E-state index in [1.54, 1.807) is 17.0 Å². The molecular weight excluding hydrogens is 465 g/mol. The van der Waals surface area contributed by atoms with Gasteiger partial charge in [0.1, 0.15) is 5.82 Å². The third-order valence-electron chi connectivity index (χ3n) is 6.55. The molecule has 0 saturated heterocycles. The number of carbonyl (C=O) groups excluding carboxylic acids is 1. The van der Waals surface area contributed by atoms with Gasteiger partial charge in [-0.25, -0.2) is 0 Å². The fraction of sp³-hybridized carbons (Fsp3) is 0.143. The number of allylic oxidation sites excluding steroid dienone is 3. The van der Waals surface area contributed by atoms with E-state index >= 15 is 0 Å². The maximum absolute atomic E-state index is 13.8. The normalized spacial score (nSPS) is 20.3. The van der Waals surface area contributed by atoms with E-state index in [-0.39, 0.29) is 17.5 Å². The van der Waals surface area contributed by atoms with Crippen LogP contribution in [0, 0.1) is 11.3 Å². The van der Waals surface area contributed by atoms with E-state index in [0.717, 1.165) is 11.3 Å². The summed E-state index contributed by atoms with van der Waals surface area (Å²) in [6, 6.07) is 26.9. The highest BCUT2D eigenvalue weighted by molar-refractivity contribution is 6.33. The van der Waals surface area contributed by atoms with Gasteiger partial charge >= 0.3 is 0 Å². The maximum Gasteiger partial charge on any atom is 0.162 e. The minimum Gasteiger partial charge on any atom is -0.384 e. The van der Waals surface area contributed by atoms with E-state index in [2.05, 4.69) is 6.07 Å². The molecule has 2 atom stereocenters. The Balaban J connectivity index is 1.76. The maximum atomic E-state index is 13.8. The molecule has 0 bridgehead atoms. The van der Waals surface area contributed by atoms with Gasteiger partial charge in [0.25, 0.3) is 0 Å². The lowest BCUT2D eigenvalue weighted by Crippen LogP contribution is -2.40. The van der Waals surface area contributed by atoms with Crippen LogP contribution >= 0.6 is 23.2 Å². The lowest BCUT2D eigenvalue weighted by Gasteiger charge is -2.42. The van der Waals surface area contributed by atoms with Crippen LogP contribution in [0.1, 0.15) is 35.8 Å². The van der Waals surface area contributed by atoms with Crippen LogP contribution in [0.5, 0.6) is 0 Å². The zero-order valence-corrected chi connectivity index (χ0v) is 19.7. The number of halogens is 2. The molecule has 2 aliphatic rings. The molecule has 3 aromatic rings. The van der Waals surface area contributed by atoms with E-state index in [4.69, 9.17) is 28.9 Å². The summed E-state index contributed by atoms with van der Waals surface area (Å²) in [4.78, 5) is 15.6. The number of Topliss-reactive ketones (excluding diaryl/α,β-unsaturated/α-hetero) is 1. The molecule has 0 unspecified atom stereocenters. The molecule has 1 heterocycles. The van der Waals surface area contributed by atoms with Crippen molar-refractivity contribution in [3.05, 3.63) is 123 Å². The molecule has 168 valence electrons. The Bertz CT molecular complexity index is 1390. The molecule has 0 radical (unpaired) electrons. The first-order chi connectivity index (χ1) is 16.5. The third-order valence-corrected chi connectivity index (χ3v) is 7.21. The lowest BCUT2D eigenvalue weighted by molar-refractivity contribution is -0.116. The van der Waals surface area contributed by atoms with Crippen molar-refractivity contribution in [2.75, 3.05) is 4.90 Å². The van der Waals surface area contributed by atoms with Crippen LogP contribution in [0.3, 0.4) is 0 Å². The number of nitrogens with two attached hydrogens (primary N) is 1. The van der Waals surface area contributed by atoms with Gasteiger partial charge in [-0.1, -0.05) is 83.9 Å². The minimum absolute atomic E-state index is 0.0132. The van der Waals surface area contributed by atoms with Crippen molar-refractivity contribution in [3.8, 4) is 6.07 Å². The van der Waals surface area contributed by atoms with E-state index < -0.39 is 5.92 Å². The molecule has 1 aliphatic heterocycles. The molecular formula is C28H21Cl2N3O. The average molecular weight is 486 g/mol. The summed E-state index contributed by atoms with van der Waals surface area (Å²) in [5.41, 5.74) is 10.7. The van der Waals surface area contributed by atoms with Crippen molar-refractivity contribution in [3.63, 3.8) is 0 Å². The number of nitrogens with zero attached hydrogens (tertiary/aromatic N) is 2. The molecule has 0 aromatic heterocycles. The number of hydrogen-bond donors (Lipinski definition) is 1. The monoisotopic (exact) mass is 485 g/mol. The number of ketones is 1. The summed E-state index contributed by atoms with van der Waals surface area (Å²) in [5, 5.41) is 11.2. The highest BCUT2D eigenvalue weighted by Gasteiger charge is 2.43. The Labute approximate surface area is 208 Å². The Hall–Kier alpha value is -3.52. The first kappa shape index (κ1) is 22.3. The lowest BCUT2D eigenvalue weighted by atomic mass is 9.72. The Morgan fingerprint density at radius 1 is 0.882 bits per heavy atom.